The first-order valence-electron chi connectivity index (χ1n) is 9.64. The van der Waals surface area contributed by atoms with Crippen molar-refractivity contribution < 1.29 is 4.39 Å². The average Bonchev–Trinajstić information content (AvgIpc) is 2.59. The molecule has 0 aliphatic carbocycles. The number of fused-ring (bicyclic) bond motifs is 1. The number of anilines is 1. The zero-order chi connectivity index (χ0) is 19.8. The summed E-state index contributed by atoms with van der Waals surface area (Å²) >= 11 is 3.50. The number of rotatable bonds is 4. The summed E-state index contributed by atoms with van der Waals surface area (Å²) in [5.74, 6) is 0.183. The fourth-order valence-corrected chi connectivity index (χ4v) is 4.37. The molecule has 144 valence electrons. The van der Waals surface area contributed by atoms with Crippen LogP contribution in [0.15, 0.2) is 39.8 Å². The lowest BCUT2D eigenvalue weighted by molar-refractivity contribution is 0.375. The number of hydrogen-bond donors (Lipinski definition) is 0. The maximum Gasteiger partial charge on any atom is 0.134 e. The van der Waals surface area contributed by atoms with Crippen molar-refractivity contribution in [3.63, 3.8) is 0 Å². The van der Waals surface area contributed by atoms with Crippen LogP contribution in [0.25, 0.3) is 0 Å². The molecule has 3 rings (SSSR count). The van der Waals surface area contributed by atoms with Gasteiger partial charge in [-0.05, 0) is 81.0 Å². The van der Waals surface area contributed by atoms with E-state index in [2.05, 4.69) is 53.5 Å². The molecule has 0 bridgehead atoms. The molecule has 0 radical (unpaired) electrons. The van der Waals surface area contributed by atoms with Gasteiger partial charge in [0.15, 0.2) is 0 Å². The van der Waals surface area contributed by atoms with E-state index in [0.717, 1.165) is 40.8 Å². The van der Waals surface area contributed by atoms with Crippen LogP contribution < -0.4 is 4.90 Å². The van der Waals surface area contributed by atoms with E-state index in [9.17, 15) is 4.39 Å². The van der Waals surface area contributed by atoms with Crippen molar-refractivity contribution >= 4 is 33.5 Å². The molecule has 0 N–H and O–H groups in total. The molecule has 1 atom stereocenters. The van der Waals surface area contributed by atoms with Gasteiger partial charge in [-0.15, -0.1) is 0 Å². The van der Waals surface area contributed by atoms with Crippen LogP contribution >= 0.6 is 15.9 Å². The number of aliphatic imine (C=N–C) groups is 1. The van der Waals surface area contributed by atoms with Crippen LogP contribution in [0.2, 0.25) is 0 Å². The molecular weight excluding hydrogens is 403 g/mol. The zero-order valence-corrected chi connectivity index (χ0v) is 18.4. The summed E-state index contributed by atoms with van der Waals surface area (Å²) in [5, 5.41) is 0. The van der Waals surface area contributed by atoms with E-state index in [1.165, 1.54) is 5.56 Å². The van der Waals surface area contributed by atoms with Gasteiger partial charge < -0.3 is 4.90 Å². The van der Waals surface area contributed by atoms with E-state index in [-0.39, 0.29) is 11.4 Å². The molecule has 0 saturated carbocycles. The van der Waals surface area contributed by atoms with E-state index < -0.39 is 0 Å². The Morgan fingerprint density at radius 1 is 1.30 bits per heavy atom. The predicted molar refractivity (Wildman–Crippen MR) is 117 cm³/mol. The fraction of sp³-hybridized carbons (Fsp3) is 0.435. The van der Waals surface area contributed by atoms with Crippen LogP contribution in [-0.2, 0) is 0 Å². The minimum absolute atomic E-state index is 0.0411. The number of halogens is 2. The third kappa shape index (κ3) is 4.11. The molecule has 0 aromatic heterocycles. The first-order valence-corrected chi connectivity index (χ1v) is 10.4. The Labute approximate surface area is 170 Å². The molecule has 2 nitrogen and oxygen atoms in total. The molecule has 1 heterocycles. The molecule has 0 saturated heterocycles. The molecule has 0 spiro atoms. The molecule has 0 amide bonds. The third-order valence-corrected chi connectivity index (χ3v) is 6.34. The minimum Gasteiger partial charge on any atom is -0.366 e. The number of nitrogens with zero attached hydrogens (tertiary/aromatic N) is 2. The fourth-order valence-electron chi connectivity index (χ4n) is 4.12. The summed E-state index contributed by atoms with van der Waals surface area (Å²) in [6.45, 7) is 11.9. The summed E-state index contributed by atoms with van der Waals surface area (Å²) in [4.78, 5) is 6.86. The van der Waals surface area contributed by atoms with Crippen LogP contribution in [0.3, 0.4) is 0 Å². The van der Waals surface area contributed by atoms with E-state index >= 15 is 0 Å². The maximum atomic E-state index is 14.9. The van der Waals surface area contributed by atoms with Gasteiger partial charge in [0.2, 0.25) is 0 Å². The van der Waals surface area contributed by atoms with Crippen LogP contribution in [0.4, 0.5) is 15.8 Å². The predicted octanol–water partition coefficient (Wildman–Crippen LogP) is 7.15. The van der Waals surface area contributed by atoms with Gasteiger partial charge in [0, 0.05) is 34.0 Å². The van der Waals surface area contributed by atoms with Gasteiger partial charge >= 0.3 is 0 Å². The lowest BCUT2D eigenvalue weighted by Gasteiger charge is -2.47. The summed E-state index contributed by atoms with van der Waals surface area (Å²) < 4.78 is 15.9. The minimum atomic E-state index is -0.211. The van der Waals surface area contributed by atoms with Gasteiger partial charge in [0.05, 0.1) is 5.69 Å². The Balaban J connectivity index is 1.99. The maximum absolute atomic E-state index is 14.9. The van der Waals surface area contributed by atoms with Crippen molar-refractivity contribution in [3.8, 4) is 0 Å². The lowest BCUT2D eigenvalue weighted by atomic mass is 9.79. The van der Waals surface area contributed by atoms with Crippen LogP contribution in [0.1, 0.15) is 63.1 Å². The highest BCUT2D eigenvalue weighted by Gasteiger charge is 2.36. The second-order valence-corrected chi connectivity index (χ2v) is 9.05. The molecular formula is C23H28BrFN2. The Morgan fingerprint density at radius 3 is 2.70 bits per heavy atom. The summed E-state index contributed by atoms with van der Waals surface area (Å²) in [6, 6.07) is 9.58. The zero-order valence-electron chi connectivity index (χ0n) is 16.8. The topological polar surface area (TPSA) is 15.6 Å². The summed E-state index contributed by atoms with van der Waals surface area (Å²) in [5.41, 5.74) is 4.79. The highest BCUT2D eigenvalue weighted by atomic mass is 79.9. The second kappa shape index (κ2) is 7.75. The molecule has 27 heavy (non-hydrogen) atoms. The highest BCUT2D eigenvalue weighted by Crippen LogP contribution is 2.44. The molecule has 1 aliphatic rings. The molecule has 1 aliphatic heterocycles. The largest absolute Gasteiger partial charge is 0.366 e. The van der Waals surface area contributed by atoms with Gasteiger partial charge in [-0.2, -0.15) is 0 Å². The SMILES string of the molecule is CCCN1c2cc(F)c(C=Nc3ccc(Br)c(C)c3)cc2C(C)CC1(C)C. The second-order valence-electron chi connectivity index (χ2n) is 8.19. The first kappa shape index (κ1) is 20.1. The molecule has 2 aromatic rings. The Hall–Kier alpha value is -1.68. The van der Waals surface area contributed by atoms with Crippen LogP contribution in [0, 0.1) is 12.7 Å². The summed E-state index contributed by atoms with van der Waals surface area (Å²) in [7, 11) is 0. The van der Waals surface area contributed by atoms with Crippen molar-refractivity contribution in [1.29, 1.82) is 0 Å². The van der Waals surface area contributed by atoms with Crippen LogP contribution in [-0.4, -0.2) is 18.3 Å². The van der Waals surface area contributed by atoms with Gasteiger partial charge in [-0.1, -0.05) is 29.8 Å². The third-order valence-electron chi connectivity index (χ3n) is 5.45. The Morgan fingerprint density at radius 2 is 2.04 bits per heavy atom. The van der Waals surface area contributed by atoms with E-state index in [1.807, 2.05) is 31.2 Å². The van der Waals surface area contributed by atoms with Gasteiger partial charge in [-0.3, -0.25) is 4.99 Å². The quantitative estimate of drug-likeness (QED) is 0.470. The van der Waals surface area contributed by atoms with Crippen LogP contribution in [0.5, 0.6) is 0 Å². The van der Waals surface area contributed by atoms with Crippen molar-refractivity contribution in [3.05, 3.63) is 57.3 Å². The number of benzene rings is 2. The van der Waals surface area contributed by atoms with Gasteiger partial charge in [-0.25, -0.2) is 4.39 Å². The molecule has 4 heteroatoms. The number of hydrogen-bond acceptors (Lipinski definition) is 2. The lowest BCUT2D eigenvalue weighted by Crippen LogP contribution is -2.48. The average molecular weight is 431 g/mol. The molecule has 2 aromatic carbocycles. The Bertz CT molecular complexity index is 873. The van der Waals surface area contributed by atoms with E-state index in [4.69, 9.17) is 0 Å². The van der Waals surface area contributed by atoms with E-state index in [1.54, 1.807) is 12.3 Å². The van der Waals surface area contributed by atoms with Gasteiger partial charge in [0.25, 0.3) is 0 Å². The van der Waals surface area contributed by atoms with Crippen molar-refractivity contribution in [1.82, 2.24) is 0 Å². The highest BCUT2D eigenvalue weighted by molar-refractivity contribution is 9.10. The van der Waals surface area contributed by atoms with Crippen molar-refractivity contribution in [2.24, 2.45) is 4.99 Å². The molecule has 1 unspecified atom stereocenters. The number of aryl methyl sites for hydroxylation is 1. The Kier molecular flexibility index (Phi) is 5.76. The van der Waals surface area contributed by atoms with Crippen molar-refractivity contribution in [2.45, 2.75) is 58.9 Å². The van der Waals surface area contributed by atoms with Gasteiger partial charge in [0.1, 0.15) is 5.82 Å². The van der Waals surface area contributed by atoms with Crippen molar-refractivity contribution in [2.75, 3.05) is 11.4 Å². The molecule has 0 fully saturated rings. The first-order chi connectivity index (χ1) is 12.7. The van der Waals surface area contributed by atoms with E-state index in [0.29, 0.717) is 11.5 Å². The normalized spacial score (nSPS) is 18.8. The summed E-state index contributed by atoms with van der Waals surface area (Å²) in [6.07, 6.45) is 3.76. The standard InChI is InChI=1S/C23H28BrFN2/c1-6-9-27-22-12-21(25)17(11-19(22)16(3)13-23(27,4)5)14-26-18-7-8-20(24)15(2)10-18/h7-8,10-12,14,16H,6,9,13H2,1-5H3. The monoisotopic (exact) mass is 430 g/mol. The smallest absolute Gasteiger partial charge is 0.134 e.